The van der Waals surface area contributed by atoms with Crippen molar-refractivity contribution in [2.75, 3.05) is 11.9 Å². The first-order chi connectivity index (χ1) is 10.2. The predicted molar refractivity (Wildman–Crippen MR) is 87.2 cm³/mol. The lowest BCUT2D eigenvalue weighted by Crippen LogP contribution is -2.22. The van der Waals surface area contributed by atoms with Crippen LogP contribution in [0.3, 0.4) is 0 Å². The summed E-state index contributed by atoms with van der Waals surface area (Å²) in [4.78, 5) is 12.3. The summed E-state index contributed by atoms with van der Waals surface area (Å²) in [5, 5.41) is 3.56. The van der Waals surface area contributed by atoms with Crippen LogP contribution in [0.1, 0.15) is 44.1 Å². The molecule has 21 heavy (non-hydrogen) atoms. The van der Waals surface area contributed by atoms with E-state index in [1.807, 2.05) is 6.07 Å². The average Bonchev–Trinajstić information content (AvgIpc) is 2.77. The topological polar surface area (TPSA) is 55.1 Å². The number of benzene rings is 1. The van der Waals surface area contributed by atoms with Gasteiger partial charge in [0.25, 0.3) is 0 Å². The number of halogens is 1. The molecular formula is C17H21ClN2O. The van der Waals surface area contributed by atoms with Crippen LogP contribution in [-0.4, -0.2) is 12.5 Å². The van der Waals surface area contributed by atoms with E-state index in [0.717, 1.165) is 31.4 Å². The minimum absolute atomic E-state index is 0.108. The molecule has 0 aromatic heterocycles. The molecule has 0 spiro atoms. The van der Waals surface area contributed by atoms with E-state index in [1.54, 1.807) is 12.1 Å². The van der Waals surface area contributed by atoms with Crippen molar-refractivity contribution in [1.29, 1.82) is 0 Å². The van der Waals surface area contributed by atoms with Crippen molar-refractivity contribution in [3.63, 3.8) is 0 Å². The molecule has 3 nitrogen and oxygen atoms in total. The van der Waals surface area contributed by atoms with Crippen molar-refractivity contribution >= 4 is 23.2 Å². The van der Waals surface area contributed by atoms with Crippen molar-refractivity contribution in [3.8, 4) is 11.8 Å². The van der Waals surface area contributed by atoms with Crippen molar-refractivity contribution in [1.82, 2.24) is 0 Å². The minimum Gasteiger partial charge on any atom is -0.326 e. The predicted octanol–water partition coefficient (Wildman–Crippen LogP) is 3.56. The molecule has 1 amide bonds. The first-order valence-electron chi connectivity index (χ1n) is 7.50. The minimum atomic E-state index is 0.108. The second-order valence-corrected chi connectivity index (χ2v) is 5.79. The van der Waals surface area contributed by atoms with E-state index in [-0.39, 0.29) is 18.4 Å². The molecule has 4 heteroatoms. The van der Waals surface area contributed by atoms with Gasteiger partial charge in [-0.15, -0.1) is 0 Å². The molecule has 1 saturated carbocycles. The zero-order chi connectivity index (χ0) is 15.1. The van der Waals surface area contributed by atoms with Crippen LogP contribution >= 0.6 is 11.6 Å². The highest BCUT2D eigenvalue weighted by atomic mass is 35.5. The molecule has 0 unspecified atom stereocenters. The molecule has 0 radical (unpaired) electrons. The highest BCUT2D eigenvalue weighted by molar-refractivity contribution is 6.31. The number of carbonyl (C=O) groups excluding carboxylic acids is 1. The Morgan fingerprint density at radius 3 is 2.67 bits per heavy atom. The zero-order valence-electron chi connectivity index (χ0n) is 12.1. The lowest BCUT2D eigenvalue weighted by molar-refractivity contribution is -0.120. The number of hydrogen-bond donors (Lipinski definition) is 2. The van der Waals surface area contributed by atoms with Gasteiger partial charge in [-0.05, 0) is 31.0 Å². The number of rotatable bonds is 2. The Labute approximate surface area is 131 Å². The molecule has 1 aromatic carbocycles. The molecule has 112 valence electrons. The van der Waals surface area contributed by atoms with E-state index in [0.29, 0.717) is 10.6 Å². The van der Waals surface area contributed by atoms with Gasteiger partial charge in [0, 0.05) is 17.2 Å². The maximum Gasteiger partial charge on any atom is 0.227 e. The third-order valence-electron chi connectivity index (χ3n) is 3.78. The van der Waals surface area contributed by atoms with Gasteiger partial charge in [0.15, 0.2) is 0 Å². The molecule has 0 saturated heterocycles. The van der Waals surface area contributed by atoms with Crippen LogP contribution in [0.15, 0.2) is 18.2 Å². The molecule has 1 aliphatic carbocycles. The molecule has 3 N–H and O–H groups in total. The Morgan fingerprint density at radius 2 is 2.00 bits per heavy atom. The summed E-state index contributed by atoms with van der Waals surface area (Å²) in [5.41, 5.74) is 6.81. The number of carbonyl (C=O) groups is 1. The van der Waals surface area contributed by atoms with Gasteiger partial charge in [-0.25, -0.2) is 0 Å². The van der Waals surface area contributed by atoms with Crippen LogP contribution in [0.4, 0.5) is 5.69 Å². The van der Waals surface area contributed by atoms with E-state index >= 15 is 0 Å². The molecule has 0 bridgehead atoms. The Kier molecular flexibility index (Phi) is 6.10. The van der Waals surface area contributed by atoms with Crippen molar-refractivity contribution in [3.05, 3.63) is 28.8 Å². The molecule has 0 heterocycles. The van der Waals surface area contributed by atoms with Crippen LogP contribution in [0, 0.1) is 17.8 Å². The number of hydrogen-bond acceptors (Lipinski definition) is 2. The third-order valence-corrected chi connectivity index (χ3v) is 4.11. The lowest BCUT2D eigenvalue weighted by atomic mass is 9.99. The number of nitrogens with one attached hydrogen (secondary N) is 1. The van der Waals surface area contributed by atoms with Crippen LogP contribution in [0.5, 0.6) is 0 Å². The standard InChI is InChI=1S/C17H21ClN2O/c18-16-10-9-15(12-14(16)8-5-11-19)20-17(21)13-6-3-1-2-4-7-13/h9-10,12-13H,1-4,6-7,11,19H2,(H,20,21). The second-order valence-electron chi connectivity index (χ2n) is 5.38. The summed E-state index contributed by atoms with van der Waals surface area (Å²) < 4.78 is 0. The fraction of sp³-hybridized carbons (Fsp3) is 0.471. The average molecular weight is 305 g/mol. The van der Waals surface area contributed by atoms with Crippen molar-refractivity contribution in [2.24, 2.45) is 11.7 Å². The van der Waals surface area contributed by atoms with Crippen molar-refractivity contribution < 1.29 is 4.79 Å². The van der Waals surface area contributed by atoms with Crippen molar-refractivity contribution in [2.45, 2.75) is 38.5 Å². The molecular weight excluding hydrogens is 284 g/mol. The van der Waals surface area contributed by atoms with E-state index < -0.39 is 0 Å². The fourth-order valence-corrected chi connectivity index (χ4v) is 2.80. The third kappa shape index (κ3) is 4.77. The molecule has 0 atom stereocenters. The Bertz CT molecular complexity index is 552. The summed E-state index contributed by atoms with van der Waals surface area (Å²) in [6.45, 7) is 0.287. The smallest absolute Gasteiger partial charge is 0.227 e. The van der Waals surface area contributed by atoms with Gasteiger partial charge in [0.05, 0.1) is 11.6 Å². The maximum absolute atomic E-state index is 12.3. The van der Waals surface area contributed by atoms with Crippen LogP contribution in [0.2, 0.25) is 5.02 Å². The number of nitrogens with two attached hydrogens (primary N) is 1. The Morgan fingerprint density at radius 1 is 1.29 bits per heavy atom. The number of amides is 1. The summed E-state index contributed by atoms with van der Waals surface area (Å²) >= 11 is 6.08. The number of anilines is 1. The maximum atomic E-state index is 12.3. The monoisotopic (exact) mass is 304 g/mol. The van der Waals surface area contributed by atoms with Crippen LogP contribution < -0.4 is 11.1 Å². The summed E-state index contributed by atoms with van der Waals surface area (Å²) in [5.74, 6) is 5.93. The van der Waals surface area contributed by atoms with Gasteiger partial charge >= 0.3 is 0 Å². The van der Waals surface area contributed by atoms with Crippen LogP contribution in [0.25, 0.3) is 0 Å². The van der Waals surface area contributed by atoms with Gasteiger partial charge in [0.2, 0.25) is 5.91 Å². The molecule has 0 aliphatic heterocycles. The molecule has 1 fully saturated rings. The van der Waals surface area contributed by atoms with Crippen LogP contribution in [-0.2, 0) is 4.79 Å². The van der Waals surface area contributed by atoms with Gasteiger partial charge in [-0.3, -0.25) is 4.79 Å². The normalized spacial score (nSPS) is 15.7. The fourth-order valence-electron chi connectivity index (χ4n) is 2.63. The summed E-state index contributed by atoms with van der Waals surface area (Å²) in [6.07, 6.45) is 6.74. The molecule has 1 aliphatic rings. The lowest BCUT2D eigenvalue weighted by Gasteiger charge is -2.14. The van der Waals surface area contributed by atoms with E-state index in [9.17, 15) is 4.79 Å². The highest BCUT2D eigenvalue weighted by Gasteiger charge is 2.20. The Hall–Kier alpha value is -1.50. The quantitative estimate of drug-likeness (QED) is 0.648. The molecule has 1 aromatic rings. The SMILES string of the molecule is NCC#Cc1cc(NC(=O)C2CCCCCC2)ccc1Cl. The second kappa shape index (κ2) is 8.07. The largest absolute Gasteiger partial charge is 0.326 e. The van der Waals surface area contributed by atoms with Gasteiger partial charge in [-0.1, -0.05) is 49.1 Å². The molecule has 2 rings (SSSR count). The highest BCUT2D eigenvalue weighted by Crippen LogP contribution is 2.25. The van der Waals surface area contributed by atoms with E-state index in [4.69, 9.17) is 17.3 Å². The summed E-state index contributed by atoms with van der Waals surface area (Å²) in [7, 11) is 0. The Balaban J connectivity index is 2.06. The zero-order valence-corrected chi connectivity index (χ0v) is 12.9. The van der Waals surface area contributed by atoms with E-state index in [2.05, 4.69) is 17.2 Å². The first-order valence-corrected chi connectivity index (χ1v) is 7.88. The van der Waals surface area contributed by atoms with Gasteiger partial charge in [0.1, 0.15) is 0 Å². The van der Waals surface area contributed by atoms with Gasteiger partial charge < -0.3 is 11.1 Å². The van der Waals surface area contributed by atoms with E-state index in [1.165, 1.54) is 12.8 Å². The van der Waals surface area contributed by atoms with Gasteiger partial charge in [-0.2, -0.15) is 0 Å². The summed E-state index contributed by atoms with van der Waals surface area (Å²) in [6, 6.07) is 5.37. The first kappa shape index (κ1) is 15.9.